The second-order valence-electron chi connectivity index (χ2n) is 4.58. The van der Waals surface area contributed by atoms with E-state index in [4.69, 9.17) is 0 Å². The maximum Gasteiger partial charge on any atom is 0.254 e. The van der Waals surface area contributed by atoms with Crippen molar-refractivity contribution < 1.29 is 4.79 Å². The minimum absolute atomic E-state index is 0.0977. The van der Waals surface area contributed by atoms with Gasteiger partial charge in [-0.1, -0.05) is 6.07 Å². The van der Waals surface area contributed by atoms with Crippen molar-refractivity contribution in [3.63, 3.8) is 0 Å². The minimum atomic E-state index is 0.0977. The van der Waals surface area contributed by atoms with Gasteiger partial charge in [0.2, 0.25) is 0 Å². The Labute approximate surface area is 105 Å². The summed E-state index contributed by atoms with van der Waals surface area (Å²) in [4.78, 5) is 14.4. The molecule has 0 saturated carbocycles. The van der Waals surface area contributed by atoms with Gasteiger partial charge in [0.1, 0.15) is 0 Å². The number of likely N-dealkylation sites (N-methyl/N-ethyl adjacent to an activating group) is 1. The average Bonchev–Trinajstić information content (AvgIpc) is 2.79. The molecule has 2 aromatic rings. The Morgan fingerprint density at radius 3 is 3.00 bits per heavy atom. The number of rotatable bonds is 3. The van der Waals surface area contributed by atoms with Crippen molar-refractivity contribution in [1.82, 2.24) is 20.4 Å². The third-order valence-corrected chi connectivity index (χ3v) is 3.49. The number of aromatic nitrogens is 2. The van der Waals surface area contributed by atoms with Crippen LogP contribution in [0.5, 0.6) is 0 Å². The number of carbonyl (C=O) groups excluding carboxylic acids is 1. The number of H-pyrrole nitrogens is 1. The van der Waals surface area contributed by atoms with Gasteiger partial charge >= 0.3 is 0 Å². The Morgan fingerprint density at radius 2 is 2.33 bits per heavy atom. The molecule has 1 aromatic heterocycles. The molecule has 0 unspecified atom stereocenters. The first-order chi connectivity index (χ1) is 8.79. The lowest BCUT2D eigenvalue weighted by molar-refractivity contribution is 0.0630. The zero-order valence-corrected chi connectivity index (χ0v) is 10.3. The first-order valence-electron chi connectivity index (χ1n) is 6.24. The number of benzene rings is 1. The van der Waals surface area contributed by atoms with Gasteiger partial charge < -0.3 is 10.2 Å². The number of hydrogen-bond donors (Lipinski definition) is 2. The van der Waals surface area contributed by atoms with Gasteiger partial charge in [-0.05, 0) is 19.1 Å². The van der Waals surface area contributed by atoms with Crippen molar-refractivity contribution in [2.24, 2.45) is 0 Å². The predicted octanol–water partition coefficient (Wildman–Crippen LogP) is 0.997. The van der Waals surface area contributed by atoms with Crippen LogP contribution in [0.4, 0.5) is 0 Å². The van der Waals surface area contributed by atoms with E-state index in [2.05, 4.69) is 15.5 Å². The van der Waals surface area contributed by atoms with Gasteiger partial charge in [0.15, 0.2) is 0 Å². The minimum Gasteiger partial charge on any atom is -0.333 e. The van der Waals surface area contributed by atoms with Gasteiger partial charge in [-0.25, -0.2) is 0 Å². The average molecular weight is 244 g/mol. The van der Waals surface area contributed by atoms with E-state index in [-0.39, 0.29) is 5.91 Å². The van der Waals surface area contributed by atoms with Gasteiger partial charge in [-0.2, -0.15) is 5.10 Å². The number of amides is 1. The van der Waals surface area contributed by atoms with Crippen molar-refractivity contribution >= 4 is 16.8 Å². The fourth-order valence-corrected chi connectivity index (χ4v) is 2.30. The van der Waals surface area contributed by atoms with Crippen LogP contribution in [0.1, 0.15) is 17.3 Å². The highest BCUT2D eigenvalue weighted by atomic mass is 16.2. The molecule has 1 aliphatic heterocycles. The Kier molecular flexibility index (Phi) is 2.76. The fraction of sp³-hybridized carbons (Fsp3) is 0.385. The second kappa shape index (κ2) is 4.42. The molecule has 0 radical (unpaired) electrons. The number of carbonyl (C=O) groups is 1. The van der Waals surface area contributed by atoms with Crippen molar-refractivity contribution in [1.29, 1.82) is 0 Å². The first kappa shape index (κ1) is 11.2. The SMILES string of the molecule is CCN(C(=O)c1ccc2cn[nH]c2c1)C1CNC1. The number of nitrogens with zero attached hydrogens (tertiary/aromatic N) is 2. The van der Waals surface area contributed by atoms with E-state index in [0.717, 1.165) is 36.1 Å². The van der Waals surface area contributed by atoms with Crippen molar-refractivity contribution in [3.8, 4) is 0 Å². The van der Waals surface area contributed by atoms with Crippen molar-refractivity contribution in [2.45, 2.75) is 13.0 Å². The van der Waals surface area contributed by atoms with E-state index in [1.54, 1.807) is 6.20 Å². The van der Waals surface area contributed by atoms with Crippen LogP contribution in [-0.2, 0) is 0 Å². The third-order valence-electron chi connectivity index (χ3n) is 3.49. The zero-order chi connectivity index (χ0) is 12.5. The first-order valence-corrected chi connectivity index (χ1v) is 6.24. The lowest BCUT2D eigenvalue weighted by atomic mass is 10.1. The lowest BCUT2D eigenvalue weighted by Gasteiger charge is -2.37. The molecular weight excluding hydrogens is 228 g/mol. The number of hydrogen-bond acceptors (Lipinski definition) is 3. The summed E-state index contributed by atoms with van der Waals surface area (Å²) in [5, 5.41) is 11.1. The largest absolute Gasteiger partial charge is 0.333 e. The maximum atomic E-state index is 12.4. The van der Waals surface area contributed by atoms with Gasteiger partial charge in [0.05, 0.1) is 17.8 Å². The second-order valence-corrected chi connectivity index (χ2v) is 4.58. The molecule has 5 nitrogen and oxygen atoms in total. The van der Waals surface area contributed by atoms with Crippen LogP contribution >= 0.6 is 0 Å². The molecule has 1 fully saturated rings. The summed E-state index contributed by atoms with van der Waals surface area (Å²) < 4.78 is 0. The monoisotopic (exact) mass is 244 g/mol. The molecule has 18 heavy (non-hydrogen) atoms. The van der Waals surface area contributed by atoms with Gasteiger partial charge in [0, 0.05) is 30.6 Å². The van der Waals surface area contributed by atoms with Gasteiger partial charge in [-0.15, -0.1) is 0 Å². The predicted molar refractivity (Wildman–Crippen MR) is 69.5 cm³/mol. The Hall–Kier alpha value is -1.88. The van der Waals surface area contributed by atoms with Gasteiger partial charge in [-0.3, -0.25) is 9.89 Å². The van der Waals surface area contributed by atoms with E-state index < -0.39 is 0 Å². The van der Waals surface area contributed by atoms with Crippen molar-refractivity contribution in [3.05, 3.63) is 30.0 Å². The molecule has 0 aliphatic carbocycles. The molecule has 2 N–H and O–H groups in total. The Balaban J connectivity index is 1.89. The molecule has 5 heteroatoms. The summed E-state index contributed by atoms with van der Waals surface area (Å²) in [6.07, 6.45) is 1.76. The van der Waals surface area contributed by atoms with E-state index in [0.29, 0.717) is 6.04 Å². The van der Waals surface area contributed by atoms with E-state index in [1.165, 1.54) is 0 Å². The molecule has 1 aromatic carbocycles. The summed E-state index contributed by atoms with van der Waals surface area (Å²) >= 11 is 0. The molecule has 1 aliphatic rings. The third kappa shape index (κ3) is 1.76. The van der Waals surface area contributed by atoms with Crippen LogP contribution in [-0.4, -0.2) is 46.7 Å². The molecular formula is C13H16N4O. The van der Waals surface area contributed by atoms with E-state index >= 15 is 0 Å². The van der Waals surface area contributed by atoms with E-state index in [9.17, 15) is 4.79 Å². The summed E-state index contributed by atoms with van der Waals surface area (Å²) in [6, 6.07) is 6.01. The summed E-state index contributed by atoms with van der Waals surface area (Å²) in [6.45, 7) is 4.55. The smallest absolute Gasteiger partial charge is 0.254 e. The van der Waals surface area contributed by atoms with Crippen LogP contribution < -0.4 is 5.32 Å². The quantitative estimate of drug-likeness (QED) is 0.846. The van der Waals surface area contributed by atoms with Crippen LogP contribution in [0.15, 0.2) is 24.4 Å². The normalized spacial score (nSPS) is 15.6. The highest BCUT2D eigenvalue weighted by Crippen LogP contribution is 2.16. The standard InChI is InChI=1S/C13H16N4O/c1-2-17(11-7-14-8-11)13(18)9-3-4-10-6-15-16-12(10)5-9/h3-6,11,14H,2,7-8H2,1H3,(H,15,16). The van der Waals surface area contributed by atoms with Crippen LogP contribution in [0.2, 0.25) is 0 Å². The topological polar surface area (TPSA) is 61.0 Å². The molecule has 3 rings (SSSR count). The maximum absolute atomic E-state index is 12.4. The van der Waals surface area contributed by atoms with Crippen LogP contribution in [0.25, 0.3) is 10.9 Å². The Bertz CT molecular complexity index is 573. The van der Waals surface area contributed by atoms with Gasteiger partial charge in [0.25, 0.3) is 5.91 Å². The highest BCUT2D eigenvalue weighted by Gasteiger charge is 2.27. The van der Waals surface area contributed by atoms with Crippen LogP contribution in [0, 0.1) is 0 Å². The molecule has 0 atom stereocenters. The van der Waals surface area contributed by atoms with Crippen LogP contribution in [0.3, 0.4) is 0 Å². The molecule has 1 amide bonds. The lowest BCUT2D eigenvalue weighted by Crippen LogP contribution is -2.58. The number of aromatic amines is 1. The number of nitrogens with one attached hydrogen (secondary N) is 2. The Morgan fingerprint density at radius 1 is 1.50 bits per heavy atom. The van der Waals surface area contributed by atoms with Crippen molar-refractivity contribution in [2.75, 3.05) is 19.6 Å². The zero-order valence-electron chi connectivity index (χ0n) is 10.3. The summed E-state index contributed by atoms with van der Waals surface area (Å²) in [7, 11) is 0. The summed E-state index contributed by atoms with van der Waals surface area (Å²) in [5.74, 6) is 0.0977. The fourth-order valence-electron chi connectivity index (χ4n) is 2.30. The van der Waals surface area contributed by atoms with E-state index in [1.807, 2.05) is 30.0 Å². The molecule has 0 bridgehead atoms. The molecule has 94 valence electrons. The molecule has 1 saturated heterocycles. The molecule has 0 spiro atoms. The summed E-state index contributed by atoms with van der Waals surface area (Å²) in [5.41, 5.74) is 1.63. The number of fused-ring (bicyclic) bond motifs is 1. The highest BCUT2D eigenvalue weighted by molar-refractivity contribution is 5.98. The molecule has 2 heterocycles.